The number of nitrogens with zero attached hydrogens (tertiary/aromatic N) is 2. The molecule has 1 heterocycles. The first-order valence-corrected chi connectivity index (χ1v) is 5.04. The number of carbonyl (C=O) groups excluding carboxylic acids is 2. The van der Waals surface area contributed by atoms with Crippen molar-refractivity contribution in [3.63, 3.8) is 0 Å². The third kappa shape index (κ3) is 2.67. The summed E-state index contributed by atoms with van der Waals surface area (Å²) in [6.45, 7) is 0. The van der Waals surface area contributed by atoms with E-state index in [0.717, 1.165) is 0 Å². The number of hydrogen-bond donors (Lipinski definition) is 1. The summed E-state index contributed by atoms with van der Waals surface area (Å²) in [7, 11) is 0. The Balaban J connectivity index is 2.12. The minimum atomic E-state index is -0.506. The van der Waals surface area contributed by atoms with Crippen LogP contribution in [0.3, 0.4) is 0 Å². The van der Waals surface area contributed by atoms with Crippen LogP contribution in [-0.4, -0.2) is 22.2 Å². The largest absolute Gasteiger partial charge is 0.424 e. The summed E-state index contributed by atoms with van der Waals surface area (Å²) in [5.74, 6) is -0.0352. The van der Waals surface area contributed by atoms with Gasteiger partial charge in [-0.2, -0.15) is 0 Å². The Kier molecular flexibility index (Phi) is 3.29. The highest BCUT2D eigenvalue weighted by molar-refractivity contribution is 5.92. The zero-order chi connectivity index (χ0) is 13.0. The second-order valence-electron chi connectivity index (χ2n) is 3.41. The third-order valence-electron chi connectivity index (χ3n) is 2.13. The lowest BCUT2D eigenvalue weighted by atomic mass is 10.2. The molecule has 0 fully saturated rings. The van der Waals surface area contributed by atoms with Crippen LogP contribution in [0.15, 0.2) is 36.7 Å². The van der Waals surface area contributed by atoms with Crippen molar-refractivity contribution in [1.82, 2.24) is 9.97 Å². The summed E-state index contributed by atoms with van der Waals surface area (Å²) in [5, 5.41) is 0. The number of aromatic nitrogens is 2. The van der Waals surface area contributed by atoms with Crippen molar-refractivity contribution >= 4 is 12.2 Å². The molecular formula is C12H9N3O3. The van der Waals surface area contributed by atoms with Crippen molar-refractivity contribution in [1.29, 1.82) is 0 Å². The number of carbonyl (C=O) groups is 2. The molecule has 2 rings (SSSR count). The van der Waals surface area contributed by atoms with Crippen molar-refractivity contribution in [3.05, 3.63) is 47.8 Å². The van der Waals surface area contributed by atoms with E-state index in [1.165, 1.54) is 24.5 Å². The highest BCUT2D eigenvalue weighted by atomic mass is 16.5. The van der Waals surface area contributed by atoms with Crippen LogP contribution in [0.5, 0.6) is 11.8 Å². The van der Waals surface area contributed by atoms with Crippen LogP contribution in [-0.2, 0) is 0 Å². The maximum absolute atomic E-state index is 10.9. The van der Waals surface area contributed by atoms with Gasteiger partial charge in [-0.05, 0) is 24.3 Å². The Morgan fingerprint density at radius 1 is 1.17 bits per heavy atom. The fraction of sp³-hybridized carbons (Fsp3) is 0. The van der Waals surface area contributed by atoms with Gasteiger partial charge in [-0.15, -0.1) is 0 Å². The van der Waals surface area contributed by atoms with E-state index in [1.54, 1.807) is 12.1 Å². The summed E-state index contributed by atoms with van der Waals surface area (Å²) >= 11 is 0. The smallest absolute Gasteiger partial charge is 0.321 e. The average Bonchev–Trinajstić information content (AvgIpc) is 2.40. The Morgan fingerprint density at radius 3 is 2.28 bits per heavy atom. The molecule has 0 atom stereocenters. The van der Waals surface area contributed by atoms with Crippen LogP contribution >= 0.6 is 0 Å². The average molecular weight is 243 g/mol. The molecule has 18 heavy (non-hydrogen) atoms. The number of amides is 1. The number of nitrogens with two attached hydrogens (primary N) is 1. The molecule has 90 valence electrons. The zero-order valence-corrected chi connectivity index (χ0v) is 9.24. The van der Waals surface area contributed by atoms with Crippen molar-refractivity contribution < 1.29 is 14.3 Å². The molecule has 0 radical (unpaired) electrons. The number of ether oxygens (including phenoxy) is 1. The predicted octanol–water partition coefficient (Wildman–Crippen LogP) is 1.18. The zero-order valence-electron chi connectivity index (χ0n) is 9.24. The number of rotatable bonds is 4. The molecule has 1 aromatic heterocycles. The van der Waals surface area contributed by atoms with Gasteiger partial charge in [0.25, 0.3) is 0 Å². The lowest BCUT2D eigenvalue weighted by molar-refractivity contribution is 0.1000. The molecule has 0 saturated heterocycles. The van der Waals surface area contributed by atoms with Gasteiger partial charge in [0.1, 0.15) is 5.75 Å². The molecule has 2 N–H and O–H groups in total. The van der Waals surface area contributed by atoms with Crippen LogP contribution in [0.2, 0.25) is 0 Å². The molecular weight excluding hydrogens is 234 g/mol. The summed E-state index contributed by atoms with van der Waals surface area (Å²) in [6.07, 6.45) is 3.35. The van der Waals surface area contributed by atoms with Crippen molar-refractivity contribution in [2.24, 2.45) is 5.73 Å². The van der Waals surface area contributed by atoms with Crippen LogP contribution in [0.1, 0.15) is 20.7 Å². The van der Waals surface area contributed by atoms with E-state index in [0.29, 0.717) is 23.2 Å². The molecule has 6 heteroatoms. The Labute approximate surface area is 102 Å². The van der Waals surface area contributed by atoms with Gasteiger partial charge >= 0.3 is 6.01 Å². The molecule has 0 unspecified atom stereocenters. The Hall–Kier alpha value is -2.76. The van der Waals surface area contributed by atoms with E-state index in [-0.39, 0.29) is 6.01 Å². The number of primary amides is 1. The second-order valence-corrected chi connectivity index (χ2v) is 3.41. The molecule has 2 aromatic rings. The Bertz CT molecular complexity index is 564. The van der Waals surface area contributed by atoms with Gasteiger partial charge in [0.15, 0.2) is 6.29 Å². The third-order valence-corrected chi connectivity index (χ3v) is 2.13. The monoisotopic (exact) mass is 243 g/mol. The highest BCUT2D eigenvalue weighted by Gasteiger charge is 2.03. The first-order valence-electron chi connectivity index (χ1n) is 5.04. The van der Waals surface area contributed by atoms with E-state index in [1.807, 2.05) is 0 Å². The summed E-state index contributed by atoms with van der Waals surface area (Å²) < 4.78 is 5.32. The minimum Gasteiger partial charge on any atom is -0.424 e. The van der Waals surface area contributed by atoms with Gasteiger partial charge in [0.05, 0.1) is 5.56 Å². The topological polar surface area (TPSA) is 95.2 Å². The molecule has 1 aromatic carbocycles. The van der Waals surface area contributed by atoms with E-state index in [2.05, 4.69) is 9.97 Å². The molecule has 0 aliphatic carbocycles. The fourth-order valence-corrected chi connectivity index (χ4v) is 1.23. The van der Waals surface area contributed by atoms with Gasteiger partial charge in [-0.3, -0.25) is 9.59 Å². The number of benzene rings is 1. The van der Waals surface area contributed by atoms with Crippen molar-refractivity contribution in [3.8, 4) is 11.8 Å². The first-order chi connectivity index (χ1) is 8.69. The van der Waals surface area contributed by atoms with E-state index in [4.69, 9.17) is 10.5 Å². The normalized spacial score (nSPS) is 9.78. The quantitative estimate of drug-likeness (QED) is 0.813. The standard InChI is InChI=1S/C12H9N3O3/c13-11(17)9-1-3-10(4-2-9)18-12-14-5-8(7-16)6-15-12/h1-7H,(H2,13,17). The lowest BCUT2D eigenvalue weighted by Gasteiger charge is -2.03. The molecule has 0 aliphatic heterocycles. The number of aldehydes is 1. The molecule has 0 aliphatic rings. The van der Waals surface area contributed by atoms with Crippen LogP contribution in [0.25, 0.3) is 0 Å². The fourth-order valence-electron chi connectivity index (χ4n) is 1.23. The van der Waals surface area contributed by atoms with Gasteiger partial charge in [0, 0.05) is 18.0 Å². The van der Waals surface area contributed by atoms with Crippen LogP contribution in [0.4, 0.5) is 0 Å². The molecule has 0 saturated carbocycles. The van der Waals surface area contributed by atoms with E-state index < -0.39 is 5.91 Å². The minimum absolute atomic E-state index is 0.118. The molecule has 0 spiro atoms. The van der Waals surface area contributed by atoms with Crippen LogP contribution in [0, 0.1) is 0 Å². The van der Waals surface area contributed by atoms with E-state index >= 15 is 0 Å². The molecule has 1 amide bonds. The summed E-state index contributed by atoms with van der Waals surface area (Å²) in [4.78, 5) is 29.0. The van der Waals surface area contributed by atoms with Crippen molar-refractivity contribution in [2.75, 3.05) is 0 Å². The van der Waals surface area contributed by atoms with Gasteiger partial charge in [-0.1, -0.05) is 0 Å². The maximum Gasteiger partial charge on any atom is 0.321 e. The highest BCUT2D eigenvalue weighted by Crippen LogP contribution is 2.17. The molecule has 0 bridgehead atoms. The summed E-state index contributed by atoms with van der Waals surface area (Å²) in [6, 6.07) is 6.36. The summed E-state index contributed by atoms with van der Waals surface area (Å²) in [5.41, 5.74) is 5.87. The first kappa shape index (κ1) is 11.7. The van der Waals surface area contributed by atoms with Crippen LogP contribution < -0.4 is 10.5 Å². The molecule has 6 nitrogen and oxygen atoms in total. The second kappa shape index (κ2) is 5.05. The Morgan fingerprint density at radius 2 is 1.78 bits per heavy atom. The van der Waals surface area contributed by atoms with Gasteiger partial charge in [-0.25, -0.2) is 9.97 Å². The van der Waals surface area contributed by atoms with Crippen molar-refractivity contribution in [2.45, 2.75) is 0 Å². The SMILES string of the molecule is NC(=O)c1ccc(Oc2ncc(C=O)cn2)cc1. The predicted molar refractivity (Wildman–Crippen MR) is 62.5 cm³/mol. The lowest BCUT2D eigenvalue weighted by Crippen LogP contribution is -2.10. The maximum atomic E-state index is 10.9. The van der Waals surface area contributed by atoms with Gasteiger partial charge < -0.3 is 10.5 Å². The number of hydrogen-bond acceptors (Lipinski definition) is 5. The van der Waals surface area contributed by atoms with Gasteiger partial charge in [0.2, 0.25) is 5.91 Å². The van der Waals surface area contributed by atoms with E-state index in [9.17, 15) is 9.59 Å².